The zero-order valence-electron chi connectivity index (χ0n) is 9.36. The van der Waals surface area contributed by atoms with Gasteiger partial charge in [-0.15, -0.1) is 0 Å². The highest BCUT2D eigenvalue weighted by Gasteiger charge is 2.03. The van der Waals surface area contributed by atoms with Crippen LogP contribution in [0.5, 0.6) is 0 Å². The molecule has 0 aliphatic rings. The van der Waals surface area contributed by atoms with Gasteiger partial charge in [0.05, 0.1) is 6.26 Å². The Bertz CT molecular complexity index is 415. The molecule has 0 bridgehead atoms. The van der Waals surface area contributed by atoms with E-state index in [0.29, 0.717) is 13.1 Å². The molecule has 1 rings (SSSR count). The van der Waals surface area contributed by atoms with Gasteiger partial charge >= 0.3 is 0 Å². The van der Waals surface area contributed by atoms with Gasteiger partial charge in [-0.2, -0.15) is 4.37 Å². The van der Waals surface area contributed by atoms with Crippen molar-refractivity contribution in [3.63, 3.8) is 0 Å². The molecule has 0 spiro atoms. The monoisotopic (exact) mass is 264 g/mol. The predicted octanol–water partition coefficient (Wildman–Crippen LogP) is 0.452. The van der Waals surface area contributed by atoms with Crippen LogP contribution in [0.15, 0.2) is 0 Å². The summed E-state index contributed by atoms with van der Waals surface area (Å²) in [5.41, 5.74) is 0. The lowest BCUT2D eigenvalue weighted by Gasteiger charge is -2.02. The van der Waals surface area contributed by atoms with E-state index in [2.05, 4.69) is 26.3 Å². The van der Waals surface area contributed by atoms with E-state index in [-0.39, 0.29) is 0 Å². The van der Waals surface area contributed by atoms with E-state index in [0.717, 1.165) is 30.1 Å². The Hall–Kier alpha value is -0.730. The van der Waals surface area contributed by atoms with Crippen LogP contribution < -0.4 is 10.0 Å². The van der Waals surface area contributed by atoms with Crippen molar-refractivity contribution in [3.8, 4) is 0 Å². The number of rotatable bonds is 7. The first-order valence-corrected chi connectivity index (χ1v) is 7.69. The summed E-state index contributed by atoms with van der Waals surface area (Å²) in [5, 5.41) is 3.75. The van der Waals surface area contributed by atoms with Crippen molar-refractivity contribution < 1.29 is 8.42 Å². The van der Waals surface area contributed by atoms with Crippen molar-refractivity contribution in [2.75, 3.05) is 24.7 Å². The molecule has 0 aromatic carbocycles. The molecule has 0 fully saturated rings. The van der Waals surface area contributed by atoms with Gasteiger partial charge in [0.25, 0.3) is 0 Å². The van der Waals surface area contributed by atoms with Crippen LogP contribution in [0.1, 0.15) is 19.2 Å². The maximum Gasteiger partial charge on any atom is 0.208 e. The van der Waals surface area contributed by atoms with Gasteiger partial charge in [-0.05, 0) is 6.42 Å². The van der Waals surface area contributed by atoms with Crippen molar-refractivity contribution in [2.24, 2.45) is 0 Å². The molecule has 92 valence electrons. The first kappa shape index (κ1) is 13.3. The van der Waals surface area contributed by atoms with Gasteiger partial charge < -0.3 is 5.32 Å². The lowest BCUT2D eigenvalue weighted by atomic mass is 10.3. The van der Waals surface area contributed by atoms with Crippen LogP contribution in [0, 0.1) is 0 Å². The number of sulfonamides is 1. The molecule has 16 heavy (non-hydrogen) atoms. The third kappa shape index (κ3) is 5.38. The molecular formula is C8H16N4O2S2. The number of aryl methyl sites for hydroxylation is 1. The minimum absolute atomic E-state index is 0.349. The summed E-state index contributed by atoms with van der Waals surface area (Å²) in [6.07, 6.45) is 3.03. The van der Waals surface area contributed by atoms with Gasteiger partial charge in [0.1, 0.15) is 5.82 Å². The van der Waals surface area contributed by atoms with Gasteiger partial charge in [0.15, 0.2) is 0 Å². The number of anilines is 1. The summed E-state index contributed by atoms with van der Waals surface area (Å²) in [6.45, 7) is 2.93. The van der Waals surface area contributed by atoms with E-state index in [1.165, 1.54) is 11.5 Å². The Morgan fingerprint density at radius 1 is 1.38 bits per heavy atom. The average molecular weight is 264 g/mol. The van der Waals surface area contributed by atoms with E-state index >= 15 is 0 Å². The molecule has 0 aliphatic carbocycles. The maximum absolute atomic E-state index is 10.8. The van der Waals surface area contributed by atoms with Crippen molar-refractivity contribution in [1.29, 1.82) is 0 Å². The third-order valence-corrected chi connectivity index (χ3v) is 3.15. The van der Waals surface area contributed by atoms with Crippen LogP contribution in [0.4, 0.5) is 5.13 Å². The van der Waals surface area contributed by atoms with Gasteiger partial charge in [-0.25, -0.2) is 18.1 Å². The van der Waals surface area contributed by atoms with Crippen LogP contribution in [0.2, 0.25) is 0 Å². The Balaban J connectivity index is 2.26. The van der Waals surface area contributed by atoms with E-state index in [9.17, 15) is 8.42 Å². The van der Waals surface area contributed by atoms with E-state index < -0.39 is 10.0 Å². The molecule has 0 amide bonds. The summed E-state index contributed by atoms with van der Waals surface area (Å²) < 4.78 is 28.1. The SMILES string of the molecule is CCCc1nsc(NCCNS(C)(=O)=O)n1. The molecule has 1 aromatic heterocycles. The molecule has 0 atom stereocenters. The van der Waals surface area contributed by atoms with Crippen molar-refractivity contribution in [1.82, 2.24) is 14.1 Å². The summed E-state index contributed by atoms with van der Waals surface area (Å²) in [4.78, 5) is 4.25. The van der Waals surface area contributed by atoms with E-state index in [1.54, 1.807) is 0 Å². The third-order valence-electron chi connectivity index (χ3n) is 1.71. The number of hydrogen-bond donors (Lipinski definition) is 2. The fraction of sp³-hybridized carbons (Fsp3) is 0.750. The lowest BCUT2D eigenvalue weighted by Crippen LogP contribution is -2.27. The highest BCUT2D eigenvalue weighted by molar-refractivity contribution is 7.88. The molecule has 6 nitrogen and oxygen atoms in total. The van der Waals surface area contributed by atoms with Crippen molar-refractivity contribution in [2.45, 2.75) is 19.8 Å². The second kappa shape index (κ2) is 6.12. The fourth-order valence-corrected chi connectivity index (χ4v) is 2.17. The smallest absolute Gasteiger partial charge is 0.208 e. The van der Waals surface area contributed by atoms with E-state index in [4.69, 9.17) is 0 Å². The predicted molar refractivity (Wildman–Crippen MR) is 65.2 cm³/mol. The van der Waals surface area contributed by atoms with Crippen LogP contribution in [0.3, 0.4) is 0 Å². The Kier molecular flexibility index (Phi) is 5.10. The molecular weight excluding hydrogens is 248 g/mol. The van der Waals surface area contributed by atoms with Crippen LogP contribution >= 0.6 is 11.5 Å². The summed E-state index contributed by atoms with van der Waals surface area (Å²) in [6, 6.07) is 0. The zero-order valence-corrected chi connectivity index (χ0v) is 11.0. The molecule has 0 saturated heterocycles. The number of nitrogens with zero attached hydrogens (tertiary/aromatic N) is 2. The van der Waals surface area contributed by atoms with Crippen LogP contribution in [-0.4, -0.2) is 37.1 Å². The van der Waals surface area contributed by atoms with Gasteiger partial charge in [0.2, 0.25) is 15.2 Å². The summed E-state index contributed by atoms with van der Waals surface area (Å²) in [7, 11) is -3.10. The zero-order chi connectivity index (χ0) is 12.0. The normalized spacial score (nSPS) is 11.6. The Morgan fingerprint density at radius 2 is 2.12 bits per heavy atom. The first-order chi connectivity index (χ1) is 7.51. The first-order valence-electron chi connectivity index (χ1n) is 5.02. The minimum atomic E-state index is -3.10. The summed E-state index contributed by atoms with van der Waals surface area (Å²) >= 11 is 1.30. The van der Waals surface area contributed by atoms with Crippen LogP contribution in [0.25, 0.3) is 0 Å². The van der Waals surface area contributed by atoms with Gasteiger partial charge in [-0.1, -0.05) is 6.92 Å². The Morgan fingerprint density at radius 3 is 2.75 bits per heavy atom. The molecule has 8 heteroatoms. The average Bonchev–Trinajstić information content (AvgIpc) is 2.60. The Labute approximate surface area is 99.7 Å². The molecule has 1 heterocycles. The molecule has 1 aromatic rings. The van der Waals surface area contributed by atoms with Crippen molar-refractivity contribution in [3.05, 3.63) is 5.82 Å². The van der Waals surface area contributed by atoms with E-state index in [1.807, 2.05) is 0 Å². The topological polar surface area (TPSA) is 84.0 Å². The second-order valence-corrected chi connectivity index (χ2v) is 5.94. The van der Waals surface area contributed by atoms with Crippen LogP contribution in [-0.2, 0) is 16.4 Å². The summed E-state index contributed by atoms with van der Waals surface area (Å²) in [5.74, 6) is 0.839. The second-order valence-electron chi connectivity index (χ2n) is 3.36. The minimum Gasteiger partial charge on any atom is -0.359 e. The molecule has 0 unspecified atom stereocenters. The lowest BCUT2D eigenvalue weighted by molar-refractivity contribution is 0.589. The standard InChI is InChI=1S/C8H16N4O2S2/c1-3-4-7-11-8(15-12-7)9-5-6-10-16(2,13)14/h10H,3-6H2,1-2H3,(H,9,11,12). The number of nitrogens with one attached hydrogen (secondary N) is 2. The largest absolute Gasteiger partial charge is 0.359 e. The number of hydrogen-bond acceptors (Lipinski definition) is 6. The quantitative estimate of drug-likeness (QED) is 0.699. The van der Waals surface area contributed by atoms with Gasteiger partial charge in [0, 0.05) is 31.0 Å². The van der Waals surface area contributed by atoms with Crippen molar-refractivity contribution >= 4 is 26.7 Å². The highest BCUT2D eigenvalue weighted by Crippen LogP contribution is 2.11. The maximum atomic E-state index is 10.8. The fourth-order valence-electron chi connectivity index (χ4n) is 1.06. The highest BCUT2D eigenvalue weighted by atomic mass is 32.2. The molecule has 0 radical (unpaired) electrons. The number of aromatic nitrogens is 2. The molecule has 2 N–H and O–H groups in total. The molecule has 0 saturated carbocycles. The molecule has 0 aliphatic heterocycles. The van der Waals surface area contributed by atoms with Gasteiger partial charge in [-0.3, -0.25) is 0 Å².